The number of nitrogens with zero attached hydrogens (tertiary/aromatic N) is 1. The number of hydrogen-bond donors (Lipinski definition) is 2. The molecule has 1 saturated heterocycles. The Kier molecular flexibility index (Phi) is 4.29. The molecule has 2 rings (SSSR count). The summed E-state index contributed by atoms with van der Waals surface area (Å²) >= 11 is 0. The number of nitrogens with one attached hydrogen (secondary N) is 1. The molecule has 1 aliphatic heterocycles. The summed E-state index contributed by atoms with van der Waals surface area (Å²) in [6, 6.07) is 6.90. The van der Waals surface area contributed by atoms with Gasteiger partial charge in [-0.2, -0.15) is 0 Å². The van der Waals surface area contributed by atoms with E-state index in [0.29, 0.717) is 11.4 Å². The number of benzene rings is 1. The van der Waals surface area contributed by atoms with Gasteiger partial charge < -0.3 is 10.2 Å². The maximum absolute atomic E-state index is 12.1. The van der Waals surface area contributed by atoms with Crippen LogP contribution in [0.3, 0.4) is 0 Å². The summed E-state index contributed by atoms with van der Waals surface area (Å²) in [6.45, 7) is 1.65. The van der Waals surface area contributed by atoms with Gasteiger partial charge in [0.15, 0.2) is 0 Å². The average molecular weight is 311 g/mol. The van der Waals surface area contributed by atoms with Gasteiger partial charge >= 0.3 is 0 Å². The van der Waals surface area contributed by atoms with Crippen molar-refractivity contribution in [2.45, 2.75) is 13.3 Å². The van der Waals surface area contributed by atoms with Crippen LogP contribution in [0.5, 0.6) is 0 Å². The smallest absolute Gasteiger partial charge is 0.227 e. The van der Waals surface area contributed by atoms with Gasteiger partial charge in [-0.05, 0) is 12.1 Å². The summed E-state index contributed by atoms with van der Waals surface area (Å²) in [5.41, 5.74) is 1.09. The highest BCUT2D eigenvalue weighted by molar-refractivity contribution is 7.89. The molecule has 3 N–H and O–H groups in total. The Hall–Kier alpha value is -1.93. The first kappa shape index (κ1) is 15.5. The number of sulfonamides is 1. The fraction of sp³-hybridized carbons (Fsp3) is 0.385. The number of nitrogens with two attached hydrogens (primary N) is 1. The molecule has 1 heterocycles. The van der Waals surface area contributed by atoms with Crippen molar-refractivity contribution in [1.29, 1.82) is 0 Å². The molecule has 7 nitrogen and oxygen atoms in total. The van der Waals surface area contributed by atoms with Gasteiger partial charge in [0, 0.05) is 25.8 Å². The molecule has 0 bridgehead atoms. The van der Waals surface area contributed by atoms with E-state index in [-0.39, 0.29) is 36.5 Å². The van der Waals surface area contributed by atoms with E-state index in [0.717, 1.165) is 0 Å². The normalized spacial score (nSPS) is 18.9. The lowest BCUT2D eigenvalue weighted by molar-refractivity contribution is -0.117. The Balaban J connectivity index is 2.23. The van der Waals surface area contributed by atoms with Gasteiger partial charge in [0.05, 0.1) is 17.1 Å². The van der Waals surface area contributed by atoms with E-state index < -0.39 is 10.0 Å². The topological polar surface area (TPSA) is 110 Å². The van der Waals surface area contributed by atoms with Gasteiger partial charge in [-0.1, -0.05) is 12.1 Å². The van der Waals surface area contributed by atoms with E-state index in [1.54, 1.807) is 24.3 Å². The molecule has 0 spiro atoms. The lowest BCUT2D eigenvalue weighted by atomic mass is 10.1. The first-order chi connectivity index (χ1) is 9.76. The third-order valence-electron chi connectivity index (χ3n) is 3.18. The molecule has 1 unspecified atom stereocenters. The van der Waals surface area contributed by atoms with Crippen molar-refractivity contribution in [2.24, 2.45) is 11.1 Å². The fourth-order valence-corrected chi connectivity index (χ4v) is 3.34. The number of para-hydroxylation sites is 2. The van der Waals surface area contributed by atoms with E-state index in [1.807, 2.05) is 0 Å². The molecule has 1 aliphatic rings. The number of carbonyl (C=O) groups is 2. The summed E-state index contributed by atoms with van der Waals surface area (Å²) in [5.74, 6) is -0.980. The molecule has 114 valence electrons. The van der Waals surface area contributed by atoms with Gasteiger partial charge in [0.2, 0.25) is 21.8 Å². The summed E-state index contributed by atoms with van der Waals surface area (Å²) < 4.78 is 22.3. The van der Waals surface area contributed by atoms with E-state index in [4.69, 9.17) is 5.14 Å². The van der Waals surface area contributed by atoms with Gasteiger partial charge in [0.25, 0.3) is 0 Å². The predicted octanol–water partition coefficient (Wildman–Crippen LogP) is 0.286. The number of hydrogen-bond acceptors (Lipinski definition) is 4. The second-order valence-corrected chi connectivity index (χ2v) is 6.76. The number of anilines is 2. The second kappa shape index (κ2) is 5.82. The zero-order valence-corrected chi connectivity index (χ0v) is 12.4. The minimum absolute atomic E-state index is 0.130. The quantitative estimate of drug-likeness (QED) is 0.832. The maximum Gasteiger partial charge on any atom is 0.227 e. The SMILES string of the molecule is CC(=O)Nc1ccccc1N1CC(CS(N)(=O)=O)CC1=O. The van der Waals surface area contributed by atoms with Crippen LogP contribution in [0.25, 0.3) is 0 Å². The lowest BCUT2D eigenvalue weighted by Crippen LogP contribution is -2.28. The third kappa shape index (κ3) is 4.02. The average Bonchev–Trinajstić information content (AvgIpc) is 2.67. The highest BCUT2D eigenvalue weighted by Gasteiger charge is 2.33. The Bertz CT molecular complexity index is 672. The first-order valence-corrected chi connectivity index (χ1v) is 8.15. The van der Waals surface area contributed by atoms with Gasteiger partial charge in [-0.25, -0.2) is 13.6 Å². The highest BCUT2D eigenvalue weighted by atomic mass is 32.2. The summed E-state index contributed by atoms with van der Waals surface area (Å²) in [6.07, 6.45) is 0.130. The van der Waals surface area contributed by atoms with Crippen LogP contribution in [-0.2, 0) is 19.6 Å². The van der Waals surface area contributed by atoms with Gasteiger partial charge in [-0.3, -0.25) is 9.59 Å². The van der Waals surface area contributed by atoms with Crippen molar-refractivity contribution >= 4 is 33.2 Å². The molecule has 2 amide bonds. The Morgan fingerprint density at radius 2 is 2.10 bits per heavy atom. The van der Waals surface area contributed by atoms with E-state index >= 15 is 0 Å². The third-order valence-corrected chi connectivity index (χ3v) is 4.11. The molecule has 8 heteroatoms. The van der Waals surface area contributed by atoms with E-state index in [1.165, 1.54) is 11.8 Å². The molecule has 1 aromatic rings. The molecular weight excluding hydrogens is 294 g/mol. The predicted molar refractivity (Wildman–Crippen MR) is 79.2 cm³/mol. The zero-order chi connectivity index (χ0) is 15.6. The number of carbonyl (C=O) groups excluding carboxylic acids is 2. The zero-order valence-electron chi connectivity index (χ0n) is 11.6. The summed E-state index contributed by atoms with van der Waals surface area (Å²) in [7, 11) is -3.61. The lowest BCUT2D eigenvalue weighted by Gasteiger charge is -2.20. The Morgan fingerprint density at radius 1 is 1.43 bits per heavy atom. The largest absolute Gasteiger partial charge is 0.325 e. The highest BCUT2D eigenvalue weighted by Crippen LogP contribution is 2.31. The summed E-state index contributed by atoms with van der Waals surface area (Å²) in [5, 5.41) is 7.68. The monoisotopic (exact) mass is 311 g/mol. The molecular formula is C13H17N3O4S. The van der Waals surface area contributed by atoms with Gasteiger partial charge in [-0.15, -0.1) is 0 Å². The van der Waals surface area contributed by atoms with Crippen molar-refractivity contribution in [2.75, 3.05) is 22.5 Å². The van der Waals surface area contributed by atoms with Crippen molar-refractivity contribution < 1.29 is 18.0 Å². The molecule has 1 fully saturated rings. The van der Waals surface area contributed by atoms with Crippen LogP contribution in [0.15, 0.2) is 24.3 Å². The van der Waals surface area contributed by atoms with Crippen molar-refractivity contribution in [3.8, 4) is 0 Å². The van der Waals surface area contributed by atoms with Crippen LogP contribution in [0.2, 0.25) is 0 Å². The molecule has 21 heavy (non-hydrogen) atoms. The van der Waals surface area contributed by atoms with Crippen molar-refractivity contribution in [3.63, 3.8) is 0 Å². The fourth-order valence-electron chi connectivity index (χ4n) is 2.46. The molecule has 0 aliphatic carbocycles. The molecule has 1 aromatic carbocycles. The molecule has 0 saturated carbocycles. The van der Waals surface area contributed by atoms with Crippen LogP contribution in [-0.4, -0.2) is 32.5 Å². The van der Waals surface area contributed by atoms with Gasteiger partial charge in [0.1, 0.15) is 0 Å². The van der Waals surface area contributed by atoms with Crippen LogP contribution in [0.4, 0.5) is 11.4 Å². The van der Waals surface area contributed by atoms with Crippen molar-refractivity contribution in [3.05, 3.63) is 24.3 Å². The van der Waals surface area contributed by atoms with E-state index in [2.05, 4.69) is 5.32 Å². The summed E-state index contributed by atoms with van der Waals surface area (Å²) in [4.78, 5) is 24.8. The second-order valence-electron chi connectivity index (χ2n) is 5.10. The van der Waals surface area contributed by atoms with Crippen LogP contribution >= 0.6 is 0 Å². The Morgan fingerprint density at radius 3 is 2.71 bits per heavy atom. The van der Waals surface area contributed by atoms with Crippen molar-refractivity contribution in [1.82, 2.24) is 0 Å². The number of amides is 2. The van der Waals surface area contributed by atoms with E-state index in [9.17, 15) is 18.0 Å². The molecule has 1 atom stereocenters. The first-order valence-electron chi connectivity index (χ1n) is 6.44. The molecule has 0 radical (unpaired) electrons. The molecule has 0 aromatic heterocycles. The van der Waals surface area contributed by atoms with Crippen LogP contribution in [0.1, 0.15) is 13.3 Å². The standard InChI is InChI=1S/C13H17N3O4S/c1-9(17)15-11-4-2-3-5-12(11)16-7-10(6-13(16)18)8-21(14,19)20/h2-5,10H,6-8H2,1H3,(H,15,17)(H2,14,19,20). The Labute approximate surface area is 123 Å². The van der Waals surface area contributed by atoms with Crippen LogP contribution in [0, 0.1) is 5.92 Å². The van der Waals surface area contributed by atoms with Crippen LogP contribution < -0.4 is 15.4 Å². The maximum atomic E-state index is 12.1. The minimum atomic E-state index is -3.61. The number of primary sulfonamides is 1. The number of rotatable bonds is 4. The minimum Gasteiger partial charge on any atom is -0.325 e.